The SMILES string of the molecule is CC(=O)N(C)Cc1nccn1-c1ccc(NC(=O)c2cc(C)nn2-c2ccc3onc(N)c3c2)c(F)c1. The van der Waals surface area contributed by atoms with Crippen LogP contribution in [-0.4, -0.2) is 48.3 Å². The van der Waals surface area contributed by atoms with E-state index < -0.39 is 11.7 Å². The summed E-state index contributed by atoms with van der Waals surface area (Å²) in [5.41, 5.74) is 8.24. The van der Waals surface area contributed by atoms with Crippen molar-refractivity contribution in [1.29, 1.82) is 0 Å². The highest BCUT2D eigenvalue weighted by Gasteiger charge is 2.19. The van der Waals surface area contributed by atoms with Gasteiger partial charge in [0.25, 0.3) is 5.91 Å². The number of rotatable bonds is 6. The summed E-state index contributed by atoms with van der Waals surface area (Å²) in [5.74, 6) is -0.497. The van der Waals surface area contributed by atoms with Crippen LogP contribution in [0.4, 0.5) is 15.9 Å². The lowest BCUT2D eigenvalue weighted by Crippen LogP contribution is -2.24. The van der Waals surface area contributed by atoms with Crippen molar-refractivity contribution in [2.24, 2.45) is 0 Å². The normalized spacial score (nSPS) is 11.1. The fourth-order valence-electron chi connectivity index (χ4n) is 3.89. The van der Waals surface area contributed by atoms with Crippen LogP contribution in [0.25, 0.3) is 22.3 Å². The summed E-state index contributed by atoms with van der Waals surface area (Å²) >= 11 is 0. The molecule has 188 valence electrons. The molecule has 3 heterocycles. The molecule has 2 aromatic carbocycles. The summed E-state index contributed by atoms with van der Waals surface area (Å²) in [4.78, 5) is 30.5. The Bertz CT molecular complexity index is 1650. The van der Waals surface area contributed by atoms with Crippen LogP contribution in [0.2, 0.25) is 0 Å². The minimum atomic E-state index is -0.633. The number of carbonyl (C=O) groups excluding carboxylic acids is 2. The fraction of sp³-hybridized carbons (Fsp3) is 0.160. The number of imidazole rings is 1. The molecule has 0 bridgehead atoms. The molecule has 0 aliphatic heterocycles. The number of amides is 2. The number of fused-ring (bicyclic) bond motifs is 1. The zero-order valence-corrected chi connectivity index (χ0v) is 20.3. The maximum atomic E-state index is 15.1. The largest absolute Gasteiger partial charge is 0.380 e. The van der Waals surface area contributed by atoms with Gasteiger partial charge in [0.15, 0.2) is 11.4 Å². The first kappa shape index (κ1) is 23.7. The van der Waals surface area contributed by atoms with Gasteiger partial charge < -0.3 is 25.0 Å². The van der Waals surface area contributed by atoms with E-state index in [4.69, 9.17) is 10.3 Å². The molecule has 0 atom stereocenters. The predicted octanol–water partition coefficient (Wildman–Crippen LogP) is 3.46. The number of nitrogens with two attached hydrogens (primary N) is 1. The van der Waals surface area contributed by atoms with E-state index in [-0.39, 0.29) is 29.7 Å². The summed E-state index contributed by atoms with van der Waals surface area (Å²) in [5, 5.41) is 11.4. The van der Waals surface area contributed by atoms with Crippen LogP contribution < -0.4 is 11.1 Å². The van der Waals surface area contributed by atoms with Crippen LogP contribution in [0.15, 0.2) is 59.4 Å². The molecule has 0 unspecified atom stereocenters. The standard InChI is InChI=1S/C25H23FN8O3/c1-14-10-21(34(30-14)17-5-7-22-18(11-17)24(27)31-37-22)25(36)29-20-6-4-16(12-19(20)26)33-9-8-28-23(33)13-32(3)15(2)35/h4-12H,13H2,1-3H3,(H2,27,31)(H,29,36). The molecular weight excluding hydrogens is 479 g/mol. The van der Waals surface area contributed by atoms with Crippen molar-refractivity contribution in [3.8, 4) is 11.4 Å². The molecule has 0 fully saturated rings. The Morgan fingerprint density at radius 2 is 1.95 bits per heavy atom. The second kappa shape index (κ2) is 9.22. The Hall–Kier alpha value is -5.00. The molecule has 0 radical (unpaired) electrons. The van der Waals surface area contributed by atoms with Gasteiger partial charge in [-0.15, -0.1) is 0 Å². The molecule has 0 aliphatic carbocycles. The minimum absolute atomic E-state index is 0.000374. The van der Waals surface area contributed by atoms with Gasteiger partial charge in [0.05, 0.1) is 29.0 Å². The first-order valence-electron chi connectivity index (χ1n) is 11.3. The first-order chi connectivity index (χ1) is 17.7. The molecule has 0 aliphatic rings. The highest BCUT2D eigenvalue weighted by molar-refractivity contribution is 6.03. The number of nitrogen functional groups attached to an aromatic ring is 1. The number of hydrogen-bond donors (Lipinski definition) is 2. The van der Waals surface area contributed by atoms with E-state index in [0.717, 1.165) is 0 Å². The second-order valence-corrected chi connectivity index (χ2v) is 8.54. The number of aromatic nitrogens is 5. The summed E-state index contributed by atoms with van der Waals surface area (Å²) in [7, 11) is 1.66. The summed E-state index contributed by atoms with van der Waals surface area (Å²) in [6, 6.07) is 11.1. The smallest absolute Gasteiger partial charge is 0.274 e. The molecule has 5 aromatic rings. The van der Waals surface area contributed by atoms with Gasteiger partial charge in [-0.25, -0.2) is 14.1 Å². The minimum Gasteiger partial charge on any atom is -0.380 e. The Kier molecular flexibility index (Phi) is 5.91. The molecule has 0 saturated heterocycles. The molecule has 11 nitrogen and oxygen atoms in total. The number of nitrogens with one attached hydrogen (secondary N) is 1. The van der Waals surface area contributed by atoms with Crippen molar-refractivity contribution in [3.63, 3.8) is 0 Å². The predicted molar refractivity (Wildman–Crippen MR) is 134 cm³/mol. The van der Waals surface area contributed by atoms with Crippen molar-refractivity contribution >= 4 is 34.3 Å². The van der Waals surface area contributed by atoms with Gasteiger partial charge >= 0.3 is 0 Å². The van der Waals surface area contributed by atoms with Crippen LogP contribution in [0.1, 0.15) is 28.9 Å². The van der Waals surface area contributed by atoms with E-state index in [1.54, 1.807) is 61.3 Å². The highest BCUT2D eigenvalue weighted by atomic mass is 19.1. The van der Waals surface area contributed by atoms with E-state index in [1.165, 1.54) is 28.6 Å². The Morgan fingerprint density at radius 3 is 2.70 bits per heavy atom. The average molecular weight is 503 g/mol. The van der Waals surface area contributed by atoms with Crippen molar-refractivity contribution in [2.75, 3.05) is 18.1 Å². The maximum absolute atomic E-state index is 15.1. The van der Waals surface area contributed by atoms with Crippen LogP contribution in [0.3, 0.4) is 0 Å². The third kappa shape index (κ3) is 4.51. The number of anilines is 2. The Labute approximate surface area is 210 Å². The van der Waals surface area contributed by atoms with E-state index in [1.807, 2.05) is 0 Å². The lowest BCUT2D eigenvalue weighted by atomic mass is 10.2. The summed E-state index contributed by atoms with van der Waals surface area (Å²) in [6.45, 7) is 3.47. The van der Waals surface area contributed by atoms with Gasteiger partial charge in [-0.3, -0.25) is 9.59 Å². The lowest BCUT2D eigenvalue weighted by molar-refractivity contribution is -0.128. The third-order valence-corrected chi connectivity index (χ3v) is 5.90. The first-order valence-corrected chi connectivity index (χ1v) is 11.3. The van der Waals surface area contributed by atoms with E-state index >= 15 is 4.39 Å². The number of hydrogen-bond acceptors (Lipinski definition) is 7. The highest BCUT2D eigenvalue weighted by Crippen LogP contribution is 2.25. The van der Waals surface area contributed by atoms with E-state index in [2.05, 4.69) is 20.6 Å². The molecule has 12 heteroatoms. The zero-order chi connectivity index (χ0) is 26.3. The fourth-order valence-corrected chi connectivity index (χ4v) is 3.89. The quantitative estimate of drug-likeness (QED) is 0.363. The van der Waals surface area contributed by atoms with Crippen molar-refractivity contribution < 1.29 is 18.5 Å². The van der Waals surface area contributed by atoms with Gasteiger partial charge in [0.1, 0.15) is 17.3 Å². The lowest BCUT2D eigenvalue weighted by Gasteiger charge is -2.16. The van der Waals surface area contributed by atoms with Gasteiger partial charge in [-0.1, -0.05) is 5.16 Å². The monoisotopic (exact) mass is 502 g/mol. The van der Waals surface area contributed by atoms with Gasteiger partial charge in [0, 0.05) is 38.1 Å². The Balaban J connectivity index is 1.40. The Morgan fingerprint density at radius 1 is 1.16 bits per heavy atom. The van der Waals surface area contributed by atoms with Gasteiger partial charge in [0.2, 0.25) is 5.91 Å². The maximum Gasteiger partial charge on any atom is 0.274 e. The average Bonchev–Trinajstić information content (AvgIpc) is 3.59. The number of benzene rings is 2. The van der Waals surface area contributed by atoms with Gasteiger partial charge in [-0.2, -0.15) is 5.10 Å². The topological polar surface area (TPSA) is 137 Å². The van der Waals surface area contributed by atoms with Crippen molar-refractivity contribution in [2.45, 2.75) is 20.4 Å². The van der Waals surface area contributed by atoms with Crippen molar-refractivity contribution in [3.05, 3.63) is 77.9 Å². The van der Waals surface area contributed by atoms with Crippen LogP contribution in [0, 0.1) is 12.7 Å². The number of aryl methyl sites for hydroxylation is 1. The zero-order valence-electron chi connectivity index (χ0n) is 20.3. The second-order valence-electron chi connectivity index (χ2n) is 8.54. The number of carbonyl (C=O) groups is 2. The molecule has 3 N–H and O–H groups in total. The van der Waals surface area contributed by atoms with Crippen LogP contribution >= 0.6 is 0 Å². The molecule has 5 rings (SSSR count). The number of nitrogens with zero attached hydrogens (tertiary/aromatic N) is 6. The molecular formula is C25H23FN8O3. The number of halogens is 1. The molecule has 0 saturated carbocycles. The van der Waals surface area contributed by atoms with Crippen LogP contribution in [-0.2, 0) is 11.3 Å². The molecule has 0 spiro atoms. The molecule has 3 aromatic heterocycles. The molecule has 37 heavy (non-hydrogen) atoms. The molecule has 2 amide bonds. The van der Waals surface area contributed by atoms with Crippen molar-refractivity contribution in [1.82, 2.24) is 29.4 Å². The summed E-state index contributed by atoms with van der Waals surface area (Å²) < 4.78 is 23.4. The van der Waals surface area contributed by atoms with E-state index in [9.17, 15) is 9.59 Å². The summed E-state index contributed by atoms with van der Waals surface area (Å²) in [6.07, 6.45) is 3.25. The third-order valence-electron chi connectivity index (χ3n) is 5.90. The van der Waals surface area contributed by atoms with Crippen LogP contribution in [0.5, 0.6) is 0 Å². The van der Waals surface area contributed by atoms with E-state index in [0.29, 0.717) is 33.9 Å². The van der Waals surface area contributed by atoms with Gasteiger partial charge in [-0.05, 0) is 43.3 Å².